The van der Waals surface area contributed by atoms with Gasteiger partial charge in [-0.2, -0.15) is 0 Å². The minimum atomic E-state index is -2.12. The van der Waals surface area contributed by atoms with E-state index in [1.54, 1.807) is 6.07 Å². The predicted molar refractivity (Wildman–Crippen MR) is 168 cm³/mol. The summed E-state index contributed by atoms with van der Waals surface area (Å²) in [6, 6.07) is 6.83. The molecule has 6 atom stereocenters. The number of fused-ring (bicyclic) bond motifs is 1. The minimum absolute atomic E-state index is 0.0283. The molecule has 0 amide bonds. The highest BCUT2D eigenvalue weighted by Gasteiger charge is 2.70. The molecule has 3 fully saturated rings. The molecule has 5 rings (SSSR count). The van der Waals surface area contributed by atoms with E-state index in [-0.39, 0.29) is 61.5 Å². The first kappa shape index (κ1) is 35.0. The number of carbonyl (C=O) groups excluding carboxylic acids is 2. The van der Waals surface area contributed by atoms with Crippen molar-refractivity contribution in [2.24, 2.45) is 11.7 Å². The Balaban J connectivity index is 1.33. The van der Waals surface area contributed by atoms with E-state index in [1.165, 1.54) is 36.4 Å². The van der Waals surface area contributed by atoms with Crippen molar-refractivity contribution >= 4 is 29.7 Å². The van der Waals surface area contributed by atoms with Crippen molar-refractivity contribution in [3.8, 4) is 23.0 Å². The second kappa shape index (κ2) is 13.7. The number of nitrogens with two attached hydrogens (primary N) is 1. The maximum absolute atomic E-state index is 13.6. The number of aliphatic carboxylic acids is 1. The van der Waals surface area contributed by atoms with Crippen LogP contribution in [0, 0.1) is 5.92 Å². The van der Waals surface area contributed by atoms with E-state index in [0.717, 1.165) is 12.1 Å². The van der Waals surface area contributed by atoms with E-state index in [9.17, 15) is 50.1 Å². The Morgan fingerprint density at radius 3 is 2.44 bits per heavy atom. The SMILES string of the molecule is NCCOc1ccc(C=CC(=O)COC2(C(=O)O)CC(O)C3(O)CCC4(C(=O)C=Cc5cc(O)c(O)cc5CO)CCC2C3O4)cc1O. The van der Waals surface area contributed by atoms with Crippen LogP contribution in [-0.4, -0.2) is 102 Å². The van der Waals surface area contributed by atoms with Crippen LogP contribution in [0.15, 0.2) is 42.5 Å². The van der Waals surface area contributed by atoms with Gasteiger partial charge >= 0.3 is 5.97 Å². The zero-order chi connectivity index (χ0) is 34.9. The van der Waals surface area contributed by atoms with Gasteiger partial charge in [0.15, 0.2) is 40.2 Å². The molecule has 48 heavy (non-hydrogen) atoms. The lowest BCUT2D eigenvalue weighted by Gasteiger charge is -2.61. The third kappa shape index (κ3) is 6.42. The second-order valence-electron chi connectivity index (χ2n) is 12.4. The number of carbonyl (C=O) groups is 3. The van der Waals surface area contributed by atoms with E-state index in [0.29, 0.717) is 5.56 Å². The first-order chi connectivity index (χ1) is 22.8. The van der Waals surface area contributed by atoms with Crippen LogP contribution in [0.4, 0.5) is 0 Å². The quantitative estimate of drug-likeness (QED) is 0.110. The summed E-state index contributed by atoms with van der Waals surface area (Å²) < 4.78 is 17.4. The number of benzene rings is 2. The topological polar surface area (TPSA) is 247 Å². The zero-order valence-electron chi connectivity index (χ0n) is 25.9. The first-order valence-electron chi connectivity index (χ1n) is 15.5. The number of aromatic hydroxyl groups is 3. The summed E-state index contributed by atoms with van der Waals surface area (Å²) >= 11 is 0. The Morgan fingerprint density at radius 1 is 1.00 bits per heavy atom. The fourth-order valence-corrected chi connectivity index (χ4v) is 6.94. The van der Waals surface area contributed by atoms with Crippen LogP contribution in [0.3, 0.4) is 0 Å². The molecule has 2 saturated heterocycles. The smallest absolute Gasteiger partial charge is 0.336 e. The average molecular weight is 670 g/mol. The Labute approximate surface area is 275 Å². The lowest BCUT2D eigenvalue weighted by molar-refractivity contribution is -0.323. The van der Waals surface area contributed by atoms with Crippen LogP contribution in [0.25, 0.3) is 12.2 Å². The molecule has 3 aliphatic rings. The number of aliphatic hydroxyl groups excluding tert-OH is 2. The number of hydrogen-bond acceptors (Lipinski definition) is 13. The molecule has 2 aliphatic heterocycles. The molecule has 6 unspecified atom stereocenters. The van der Waals surface area contributed by atoms with Gasteiger partial charge in [-0.3, -0.25) is 9.59 Å². The van der Waals surface area contributed by atoms with E-state index in [2.05, 4.69) is 0 Å². The molecule has 1 saturated carbocycles. The van der Waals surface area contributed by atoms with Crippen molar-refractivity contribution in [3.63, 3.8) is 0 Å². The van der Waals surface area contributed by atoms with E-state index in [1.807, 2.05) is 0 Å². The molecule has 14 nitrogen and oxygen atoms in total. The van der Waals surface area contributed by atoms with Crippen LogP contribution in [0.5, 0.6) is 23.0 Å². The standard InChI is InChI=1S/C34H39NO13/c35-11-12-46-27-5-2-19(13-26(27)40)1-4-22(37)18-47-34(31(43)44)16-29(42)33(45)10-9-32(8-7-23(34)30(33)48-32)28(41)6-3-20-14-24(38)25(39)15-21(20)17-36/h1-6,13-15,23,29-30,36,38-40,42,45H,7-12,16-18,35H2,(H,43,44). The van der Waals surface area contributed by atoms with E-state index < -0.39 is 83.6 Å². The van der Waals surface area contributed by atoms with Crippen LogP contribution < -0.4 is 10.5 Å². The molecule has 2 bridgehead atoms. The van der Waals surface area contributed by atoms with E-state index >= 15 is 0 Å². The highest BCUT2D eigenvalue weighted by molar-refractivity contribution is 6.00. The Bertz CT molecular complexity index is 1640. The van der Waals surface area contributed by atoms with Gasteiger partial charge < -0.3 is 55.7 Å². The monoisotopic (exact) mass is 669 g/mol. The molecule has 258 valence electrons. The van der Waals surface area contributed by atoms with Gasteiger partial charge in [-0.25, -0.2) is 4.79 Å². The summed E-state index contributed by atoms with van der Waals surface area (Å²) in [5, 5.41) is 72.5. The van der Waals surface area contributed by atoms with Gasteiger partial charge in [0.2, 0.25) is 0 Å². The van der Waals surface area contributed by atoms with E-state index in [4.69, 9.17) is 19.9 Å². The van der Waals surface area contributed by atoms with Gasteiger partial charge in [0.25, 0.3) is 0 Å². The molecular formula is C34H39NO13. The number of carboxylic acids is 1. The number of rotatable bonds is 13. The molecular weight excluding hydrogens is 630 g/mol. The molecule has 2 aromatic carbocycles. The van der Waals surface area contributed by atoms with Gasteiger partial charge in [-0.1, -0.05) is 18.2 Å². The van der Waals surface area contributed by atoms with Gasteiger partial charge in [0.05, 0.1) is 18.8 Å². The second-order valence-corrected chi connectivity index (χ2v) is 12.4. The highest BCUT2D eigenvalue weighted by atomic mass is 16.6. The fraction of sp³-hybridized carbons (Fsp3) is 0.441. The van der Waals surface area contributed by atoms with Gasteiger partial charge in [-0.15, -0.1) is 0 Å². The summed E-state index contributed by atoms with van der Waals surface area (Å²) in [7, 11) is 0. The normalized spacial score (nSPS) is 29.6. The number of carboxylic acid groups (broad SMARTS) is 1. The van der Waals surface area contributed by atoms with Crippen molar-refractivity contribution in [1.29, 1.82) is 0 Å². The lowest BCUT2D eigenvalue weighted by atomic mass is 9.56. The van der Waals surface area contributed by atoms with Crippen molar-refractivity contribution in [3.05, 3.63) is 59.2 Å². The maximum atomic E-state index is 13.6. The fourth-order valence-electron chi connectivity index (χ4n) is 6.94. The largest absolute Gasteiger partial charge is 0.504 e. The Kier molecular flexibility index (Phi) is 9.97. The van der Waals surface area contributed by atoms with Crippen LogP contribution >= 0.6 is 0 Å². The van der Waals surface area contributed by atoms with Gasteiger partial charge in [0, 0.05) is 18.9 Å². The third-order valence-corrected chi connectivity index (χ3v) is 9.60. The van der Waals surface area contributed by atoms with Crippen LogP contribution in [-0.2, 0) is 30.5 Å². The molecule has 1 aliphatic carbocycles. The Morgan fingerprint density at radius 2 is 1.75 bits per heavy atom. The summed E-state index contributed by atoms with van der Waals surface area (Å²) in [5.74, 6) is -4.43. The first-order valence-corrected chi connectivity index (χ1v) is 15.5. The summed E-state index contributed by atoms with van der Waals surface area (Å²) in [4.78, 5) is 39.2. The van der Waals surface area contributed by atoms with Crippen molar-refractivity contribution in [2.45, 2.75) is 67.7 Å². The minimum Gasteiger partial charge on any atom is -0.504 e. The number of phenols is 3. The molecule has 2 aromatic rings. The number of ether oxygens (including phenoxy) is 3. The molecule has 0 aromatic heterocycles. The van der Waals surface area contributed by atoms with Crippen molar-refractivity contribution < 1.29 is 64.3 Å². The molecule has 14 heteroatoms. The number of hydrogen-bond donors (Lipinski definition) is 8. The predicted octanol–water partition coefficient (Wildman–Crippen LogP) is 1.16. The summed E-state index contributed by atoms with van der Waals surface area (Å²) in [6.45, 7) is -0.693. The lowest BCUT2D eigenvalue weighted by Crippen LogP contribution is -2.75. The number of phenolic OH excluding ortho intramolecular Hbond substituents is 3. The highest BCUT2D eigenvalue weighted by Crippen LogP contribution is 2.56. The molecule has 2 heterocycles. The van der Waals surface area contributed by atoms with Gasteiger partial charge in [0.1, 0.15) is 24.4 Å². The molecule has 0 spiro atoms. The van der Waals surface area contributed by atoms with Crippen molar-refractivity contribution in [2.75, 3.05) is 19.8 Å². The molecule has 0 radical (unpaired) electrons. The average Bonchev–Trinajstić information content (AvgIpc) is 3.06. The number of aliphatic hydroxyl groups is 3. The molecule has 9 N–H and O–H groups in total. The summed E-state index contributed by atoms with van der Waals surface area (Å²) in [5.41, 5.74) is 0.928. The van der Waals surface area contributed by atoms with Gasteiger partial charge in [-0.05, 0) is 78.8 Å². The summed E-state index contributed by atoms with van der Waals surface area (Å²) in [6.07, 6.45) is 1.71. The maximum Gasteiger partial charge on any atom is 0.336 e. The third-order valence-electron chi connectivity index (χ3n) is 9.60. The Hall–Kier alpha value is -4.31. The van der Waals surface area contributed by atoms with Crippen LogP contribution in [0.1, 0.15) is 48.8 Å². The number of ketones is 2. The van der Waals surface area contributed by atoms with Crippen molar-refractivity contribution in [1.82, 2.24) is 0 Å². The zero-order valence-corrected chi connectivity index (χ0v) is 25.9. The van der Waals surface area contributed by atoms with Crippen LogP contribution in [0.2, 0.25) is 0 Å².